The van der Waals surface area contributed by atoms with Crippen molar-refractivity contribution in [3.05, 3.63) is 12.2 Å². The zero-order chi connectivity index (χ0) is 15.9. The van der Waals surface area contributed by atoms with Crippen molar-refractivity contribution in [1.29, 1.82) is 0 Å². The van der Waals surface area contributed by atoms with Gasteiger partial charge in [0.25, 0.3) is 0 Å². The summed E-state index contributed by atoms with van der Waals surface area (Å²) in [5.74, 6) is -0.383. The topological polar surface area (TPSA) is 110 Å². The minimum absolute atomic E-state index is 0.141. The van der Waals surface area contributed by atoms with Gasteiger partial charge in [-0.3, -0.25) is 8.98 Å². The van der Waals surface area contributed by atoms with Gasteiger partial charge in [-0.2, -0.15) is 0 Å². The van der Waals surface area contributed by atoms with Gasteiger partial charge in [0, 0.05) is 6.42 Å². The molecule has 0 heterocycles. The molecule has 0 saturated heterocycles. The van der Waals surface area contributed by atoms with Crippen LogP contribution in [0.25, 0.3) is 0 Å². The van der Waals surface area contributed by atoms with Crippen LogP contribution in [0.4, 0.5) is 0 Å². The van der Waals surface area contributed by atoms with Gasteiger partial charge in [0.2, 0.25) is 16.3 Å². The van der Waals surface area contributed by atoms with Crippen molar-refractivity contribution in [2.24, 2.45) is 5.73 Å². The zero-order valence-electron chi connectivity index (χ0n) is 12.2. The second-order valence-electron chi connectivity index (χ2n) is 4.89. The number of carbonyl (C=O) groups excluding carboxylic acids is 1. The predicted octanol–water partition coefficient (Wildman–Crippen LogP) is -0.00420. The summed E-state index contributed by atoms with van der Waals surface area (Å²) in [6.45, 7) is 5.84. The molecule has 0 radical (unpaired) electrons. The number of amides is 1. The van der Waals surface area contributed by atoms with Crippen LogP contribution < -0.4 is 5.73 Å². The molecule has 0 rings (SSSR count). The van der Waals surface area contributed by atoms with E-state index in [4.69, 9.17) is 5.73 Å². The van der Waals surface area contributed by atoms with Gasteiger partial charge in [-0.05, 0) is 0 Å². The lowest BCUT2D eigenvalue weighted by Crippen LogP contribution is -2.48. The Kier molecular flexibility index (Phi) is 8.85. The summed E-state index contributed by atoms with van der Waals surface area (Å²) in [4.78, 5) is 11.0. The Morgan fingerprint density at radius 3 is 1.95 bits per heavy atom. The number of nitrogens with two attached hydrogens (primary N) is 1. The smallest absolute Gasteiger partial charge is 0.250 e. The molecule has 0 aliphatic carbocycles. The van der Waals surface area contributed by atoms with Crippen LogP contribution in [0.2, 0.25) is 0 Å². The van der Waals surface area contributed by atoms with Crippen molar-refractivity contribution in [3.8, 4) is 0 Å². The quantitative estimate of drug-likeness (QED) is 0.321. The van der Waals surface area contributed by atoms with Crippen molar-refractivity contribution < 1.29 is 26.4 Å². The molecule has 0 aromatic rings. The van der Waals surface area contributed by atoms with Crippen molar-refractivity contribution >= 4 is 16.3 Å². The molecule has 1 atom stereocenters. The number of hydrogen-bond donors (Lipinski definition) is 1. The Morgan fingerprint density at radius 2 is 1.79 bits per heavy atom. The highest BCUT2D eigenvalue weighted by molar-refractivity contribution is 7.80. The summed E-state index contributed by atoms with van der Waals surface area (Å²) in [6, 6.07) is 0.141. The first-order chi connectivity index (χ1) is 8.36. The first kappa shape index (κ1) is 20.4. The molecule has 114 valence electrons. The molecule has 0 fully saturated rings. The monoisotopic (exact) mass is 296 g/mol. The summed E-state index contributed by atoms with van der Waals surface area (Å²) in [5.41, 5.74) is 5.75. The van der Waals surface area contributed by atoms with Crippen LogP contribution in [0, 0.1) is 0 Å². The van der Waals surface area contributed by atoms with E-state index in [-0.39, 0.29) is 11.9 Å². The standard InChI is InChI=1S/C10H20N2O.CH4O4S/c1-6-7-9(12(3,4)5)8(2)10(11)13;1-5-6(2,3)4/h9H,2,6-7H2,1,3-5H3,(H-,11,13);1H3,(H,2,3,4). The van der Waals surface area contributed by atoms with Crippen LogP contribution >= 0.6 is 0 Å². The van der Waals surface area contributed by atoms with E-state index in [2.05, 4.69) is 38.8 Å². The lowest BCUT2D eigenvalue weighted by Gasteiger charge is -2.34. The molecule has 7 nitrogen and oxygen atoms in total. The van der Waals surface area contributed by atoms with Gasteiger partial charge in [0.05, 0.1) is 33.8 Å². The fraction of sp³-hybridized carbons (Fsp3) is 0.727. The number of nitrogens with zero attached hydrogens (tertiary/aromatic N) is 1. The Bertz CT molecular complexity index is 398. The van der Waals surface area contributed by atoms with Crippen LogP contribution in [0.5, 0.6) is 0 Å². The highest BCUT2D eigenvalue weighted by Gasteiger charge is 2.28. The number of primary amides is 1. The van der Waals surface area contributed by atoms with E-state index in [9.17, 15) is 17.8 Å². The second-order valence-corrected chi connectivity index (χ2v) is 6.03. The van der Waals surface area contributed by atoms with E-state index >= 15 is 0 Å². The highest BCUT2D eigenvalue weighted by atomic mass is 32.3. The van der Waals surface area contributed by atoms with Crippen molar-refractivity contribution in [1.82, 2.24) is 0 Å². The van der Waals surface area contributed by atoms with Gasteiger partial charge in [0.1, 0.15) is 6.04 Å². The zero-order valence-corrected chi connectivity index (χ0v) is 13.0. The molecule has 1 unspecified atom stereocenters. The third kappa shape index (κ3) is 10.6. The summed E-state index contributed by atoms with van der Waals surface area (Å²) in [6.07, 6.45) is 1.98. The maximum Gasteiger partial charge on any atom is 0.250 e. The fourth-order valence-corrected chi connectivity index (χ4v) is 1.47. The number of quaternary nitrogens is 1. The van der Waals surface area contributed by atoms with Gasteiger partial charge >= 0.3 is 0 Å². The van der Waals surface area contributed by atoms with E-state index in [1.807, 2.05) is 0 Å². The molecule has 8 heteroatoms. The summed E-state index contributed by atoms with van der Waals surface area (Å²) < 4.78 is 31.7. The predicted molar refractivity (Wildman–Crippen MR) is 71.8 cm³/mol. The first-order valence-electron chi connectivity index (χ1n) is 5.68. The Balaban J connectivity index is 0. The normalized spacial score (nSPS) is 13.2. The number of carbonyl (C=O) groups is 1. The molecule has 0 bridgehead atoms. The molecule has 0 spiro atoms. The first-order valence-corrected chi connectivity index (χ1v) is 7.01. The number of rotatable bonds is 6. The van der Waals surface area contributed by atoms with Gasteiger partial charge in [-0.1, -0.05) is 19.9 Å². The van der Waals surface area contributed by atoms with E-state index in [0.29, 0.717) is 10.1 Å². The Labute approximate surface area is 115 Å². The van der Waals surface area contributed by atoms with Crippen LogP contribution in [0.3, 0.4) is 0 Å². The number of likely N-dealkylation sites (N-methyl/N-ethyl adjacent to an activating group) is 1. The van der Waals surface area contributed by atoms with Crippen molar-refractivity contribution in [3.63, 3.8) is 0 Å². The van der Waals surface area contributed by atoms with Crippen molar-refractivity contribution in [2.45, 2.75) is 25.8 Å². The summed E-state index contributed by atoms with van der Waals surface area (Å²) in [5, 5.41) is 0. The molecule has 1 amide bonds. The van der Waals surface area contributed by atoms with Gasteiger partial charge in [0.15, 0.2) is 0 Å². The molecule has 2 N–H and O–H groups in total. The third-order valence-corrected chi connectivity index (χ3v) is 2.83. The average Bonchev–Trinajstić information content (AvgIpc) is 2.23. The minimum atomic E-state index is -4.41. The van der Waals surface area contributed by atoms with Gasteiger partial charge in [-0.15, -0.1) is 0 Å². The maximum absolute atomic E-state index is 11.0. The summed E-state index contributed by atoms with van der Waals surface area (Å²) in [7, 11) is 2.55. The summed E-state index contributed by atoms with van der Waals surface area (Å²) >= 11 is 0. The third-order valence-electron chi connectivity index (χ3n) is 2.42. The van der Waals surface area contributed by atoms with Crippen LogP contribution in [0.15, 0.2) is 12.2 Å². The molecule has 0 aliphatic rings. The van der Waals surface area contributed by atoms with Crippen LogP contribution in [-0.4, -0.2) is 57.7 Å². The average molecular weight is 296 g/mol. The molecule has 0 aromatic carbocycles. The van der Waals surface area contributed by atoms with Crippen LogP contribution in [0.1, 0.15) is 19.8 Å². The molecular formula is C11H24N2O5S. The van der Waals surface area contributed by atoms with E-state index in [0.717, 1.165) is 20.0 Å². The molecule has 0 aromatic heterocycles. The largest absolute Gasteiger partial charge is 0.726 e. The lowest BCUT2D eigenvalue weighted by molar-refractivity contribution is -0.890. The maximum atomic E-state index is 11.0. The van der Waals surface area contributed by atoms with Crippen molar-refractivity contribution in [2.75, 3.05) is 28.3 Å². The highest BCUT2D eigenvalue weighted by Crippen LogP contribution is 2.17. The lowest BCUT2D eigenvalue weighted by atomic mass is 10.0. The van der Waals surface area contributed by atoms with Gasteiger partial charge < -0.3 is 14.8 Å². The van der Waals surface area contributed by atoms with E-state index < -0.39 is 10.4 Å². The second kappa shape index (κ2) is 8.26. The van der Waals surface area contributed by atoms with Crippen LogP contribution in [-0.2, 0) is 19.4 Å². The van der Waals surface area contributed by atoms with E-state index in [1.54, 1.807) is 0 Å². The van der Waals surface area contributed by atoms with Gasteiger partial charge in [-0.25, -0.2) is 8.42 Å². The SMILES string of the molecule is C=C(C(N)=O)C(CCC)[N+](C)(C)C.COS(=O)(=O)[O-]. The fourth-order valence-electron chi connectivity index (χ4n) is 1.47. The molecule has 19 heavy (non-hydrogen) atoms. The van der Waals surface area contributed by atoms with E-state index in [1.165, 1.54) is 0 Å². The molecule has 0 saturated carbocycles. The molecule has 0 aliphatic heterocycles. The minimum Gasteiger partial charge on any atom is -0.726 e. The Hall–Kier alpha value is -0.960. The Morgan fingerprint density at radius 1 is 1.42 bits per heavy atom. The molecular weight excluding hydrogens is 272 g/mol. The number of hydrogen-bond acceptors (Lipinski definition) is 5.